The SMILES string of the molecule is CC1CC(n2c(Nc3ccc(OC(F)(F)F)cc3)nc3cc(OCC(=O)Nc4cc(C(F)F)ccc4Cl)ccc32)CC(C)(C)C1. The maximum absolute atomic E-state index is 13.1. The van der Waals surface area contributed by atoms with Crippen molar-refractivity contribution in [3.63, 3.8) is 0 Å². The van der Waals surface area contributed by atoms with Gasteiger partial charge in [0.05, 0.1) is 21.7 Å². The van der Waals surface area contributed by atoms with Crippen LogP contribution in [0.15, 0.2) is 60.7 Å². The lowest BCUT2D eigenvalue weighted by atomic mass is 9.70. The Kier molecular flexibility index (Phi) is 9.16. The second kappa shape index (κ2) is 12.7. The average Bonchev–Trinajstić information content (AvgIpc) is 3.29. The number of hydrogen-bond acceptors (Lipinski definition) is 5. The van der Waals surface area contributed by atoms with Crippen LogP contribution in [0.5, 0.6) is 11.5 Å². The summed E-state index contributed by atoms with van der Waals surface area (Å²) in [6, 6.07) is 14.3. The van der Waals surface area contributed by atoms with Crippen LogP contribution in [-0.4, -0.2) is 28.4 Å². The molecule has 4 aromatic rings. The highest BCUT2D eigenvalue weighted by atomic mass is 35.5. The van der Waals surface area contributed by atoms with Crippen LogP contribution in [0.25, 0.3) is 11.0 Å². The minimum atomic E-state index is -4.79. The van der Waals surface area contributed by atoms with Gasteiger partial charge in [-0.05, 0) is 79.1 Å². The Hall–Kier alpha value is -4.06. The molecule has 1 heterocycles. The van der Waals surface area contributed by atoms with Crippen LogP contribution in [-0.2, 0) is 4.79 Å². The van der Waals surface area contributed by atoms with Gasteiger partial charge in [0.25, 0.3) is 12.3 Å². The molecule has 5 rings (SSSR count). The second-order valence-corrected chi connectivity index (χ2v) is 12.5. The van der Waals surface area contributed by atoms with Gasteiger partial charge in [-0.1, -0.05) is 38.4 Å². The number of fused-ring (bicyclic) bond motifs is 1. The van der Waals surface area contributed by atoms with Gasteiger partial charge in [0.2, 0.25) is 5.95 Å². The topological polar surface area (TPSA) is 77.4 Å². The van der Waals surface area contributed by atoms with Gasteiger partial charge in [0, 0.05) is 23.4 Å². The molecule has 2 N–H and O–H groups in total. The third kappa shape index (κ3) is 8.16. The van der Waals surface area contributed by atoms with Crippen molar-refractivity contribution in [1.29, 1.82) is 0 Å². The molecule has 0 aliphatic heterocycles. The van der Waals surface area contributed by atoms with Crippen molar-refractivity contribution in [3.05, 3.63) is 71.2 Å². The molecule has 1 saturated carbocycles. The van der Waals surface area contributed by atoms with Crippen molar-refractivity contribution in [3.8, 4) is 11.5 Å². The van der Waals surface area contributed by atoms with Gasteiger partial charge in [-0.25, -0.2) is 13.8 Å². The molecule has 1 aliphatic carbocycles. The first-order chi connectivity index (χ1) is 21.2. The third-order valence-electron chi connectivity index (χ3n) is 7.62. The molecule has 7 nitrogen and oxygen atoms in total. The first-order valence-corrected chi connectivity index (χ1v) is 14.7. The normalized spacial score (nSPS) is 18.2. The fourth-order valence-corrected chi connectivity index (χ4v) is 6.26. The number of ether oxygens (including phenoxy) is 2. The molecule has 1 amide bonds. The number of aromatic nitrogens is 2. The van der Waals surface area contributed by atoms with Crippen LogP contribution in [0.2, 0.25) is 5.02 Å². The summed E-state index contributed by atoms with van der Waals surface area (Å²) in [6.07, 6.45) is -4.62. The van der Waals surface area contributed by atoms with Crippen molar-refractivity contribution in [2.45, 2.75) is 58.9 Å². The third-order valence-corrected chi connectivity index (χ3v) is 7.95. The summed E-state index contributed by atoms with van der Waals surface area (Å²) in [4.78, 5) is 17.4. The van der Waals surface area contributed by atoms with E-state index < -0.39 is 25.3 Å². The number of halogens is 6. The van der Waals surface area contributed by atoms with Crippen LogP contribution in [0.4, 0.5) is 39.3 Å². The molecule has 45 heavy (non-hydrogen) atoms. The van der Waals surface area contributed by atoms with E-state index in [4.69, 9.17) is 21.3 Å². The first-order valence-electron chi connectivity index (χ1n) is 14.3. The summed E-state index contributed by atoms with van der Waals surface area (Å²) in [5.74, 6) is 0.394. The summed E-state index contributed by atoms with van der Waals surface area (Å²) in [6.45, 7) is 6.27. The zero-order valence-electron chi connectivity index (χ0n) is 24.7. The number of hydrogen-bond donors (Lipinski definition) is 2. The van der Waals surface area contributed by atoms with Crippen LogP contribution in [0.3, 0.4) is 0 Å². The Morgan fingerprint density at radius 3 is 2.44 bits per heavy atom. The van der Waals surface area contributed by atoms with Crippen molar-refractivity contribution >= 4 is 45.9 Å². The van der Waals surface area contributed by atoms with Crippen LogP contribution in [0, 0.1) is 11.3 Å². The highest BCUT2D eigenvalue weighted by Crippen LogP contribution is 2.46. The average molecular weight is 651 g/mol. The predicted molar refractivity (Wildman–Crippen MR) is 163 cm³/mol. The standard InChI is InChI=1S/C32H32ClF5N4O3/c1-18-12-21(16-31(2,3)15-18)42-27-11-9-23(44-17-28(43)40-25-13-19(29(34)35)4-10-24(25)33)14-26(27)41-30(42)39-20-5-7-22(8-6-20)45-32(36,37)38/h4-11,13-14,18,21,29H,12,15-17H2,1-3H3,(H,39,41)(H,40,43). The maximum atomic E-state index is 13.1. The lowest BCUT2D eigenvalue weighted by Gasteiger charge is -2.40. The number of alkyl halides is 5. The van der Waals surface area contributed by atoms with Gasteiger partial charge in [-0.3, -0.25) is 4.79 Å². The van der Waals surface area contributed by atoms with Crippen molar-refractivity contribution in [2.75, 3.05) is 17.2 Å². The first kappa shape index (κ1) is 32.3. The van der Waals surface area contributed by atoms with E-state index >= 15 is 0 Å². The zero-order valence-corrected chi connectivity index (χ0v) is 25.5. The summed E-state index contributed by atoms with van der Waals surface area (Å²) < 4.78 is 75.9. The molecule has 0 spiro atoms. The molecule has 13 heteroatoms. The van der Waals surface area contributed by atoms with Gasteiger partial charge in [-0.2, -0.15) is 0 Å². The number of benzene rings is 3. The smallest absolute Gasteiger partial charge is 0.484 e. The Labute approximate surface area is 261 Å². The van der Waals surface area contributed by atoms with E-state index in [1.165, 1.54) is 36.4 Å². The van der Waals surface area contributed by atoms with E-state index in [2.05, 4.69) is 40.7 Å². The number of anilines is 3. The van der Waals surface area contributed by atoms with Gasteiger partial charge in [0.1, 0.15) is 11.5 Å². The van der Waals surface area contributed by atoms with Crippen LogP contribution in [0.1, 0.15) is 58.1 Å². The molecule has 240 valence electrons. The second-order valence-electron chi connectivity index (χ2n) is 12.1. The highest BCUT2D eigenvalue weighted by molar-refractivity contribution is 6.33. The quantitative estimate of drug-likeness (QED) is 0.176. The summed E-state index contributed by atoms with van der Waals surface area (Å²) >= 11 is 6.06. The van der Waals surface area contributed by atoms with Gasteiger partial charge in [-0.15, -0.1) is 13.2 Å². The fourth-order valence-electron chi connectivity index (χ4n) is 6.10. The van der Waals surface area contributed by atoms with E-state index in [0.717, 1.165) is 30.8 Å². The van der Waals surface area contributed by atoms with Gasteiger partial charge in [0.15, 0.2) is 6.61 Å². The van der Waals surface area contributed by atoms with Gasteiger partial charge >= 0.3 is 6.36 Å². The summed E-state index contributed by atoms with van der Waals surface area (Å²) in [5, 5.41) is 5.86. The largest absolute Gasteiger partial charge is 0.573 e. The lowest BCUT2D eigenvalue weighted by Crippen LogP contribution is -2.29. The van der Waals surface area contributed by atoms with Crippen LogP contribution >= 0.6 is 11.6 Å². The maximum Gasteiger partial charge on any atom is 0.573 e. The van der Waals surface area contributed by atoms with Crippen LogP contribution < -0.4 is 20.1 Å². The number of carbonyl (C=O) groups is 1. The van der Waals surface area contributed by atoms with E-state index in [-0.39, 0.29) is 33.5 Å². The molecule has 2 unspecified atom stereocenters. The number of amides is 1. The molecule has 1 aliphatic rings. The predicted octanol–water partition coefficient (Wildman–Crippen LogP) is 9.67. The molecular weight excluding hydrogens is 619 g/mol. The molecule has 2 atom stereocenters. The minimum Gasteiger partial charge on any atom is -0.484 e. The summed E-state index contributed by atoms with van der Waals surface area (Å²) in [7, 11) is 0. The Bertz CT molecular complexity index is 1670. The zero-order chi connectivity index (χ0) is 32.5. The number of nitrogens with zero attached hydrogens (tertiary/aromatic N) is 2. The monoisotopic (exact) mass is 650 g/mol. The molecule has 1 fully saturated rings. The number of nitrogens with one attached hydrogen (secondary N) is 2. The molecular formula is C32H32ClF5N4O3. The molecule has 0 radical (unpaired) electrons. The number of imidazole rings is 1. The van der Waals surface area contributed by atoms with E-state index in [1.807, 2.05) is 6.07 Å². The van der Waals surface area contributed by atoms with E-state index in [9.17, 15) is 26.7 Å². The fraction of sp³-hybridized carbons (Fsp3) is 0.375. The Morgan fingerprint density at radius 2 is 1.78 bits per heavy atom. The highest BCUT2D eigenvalue weighted by Gasteiger charge is 2.35. The van der Waals surface area contributed by atoms with Gasteiger partial charge < -0.3 is 24.7 Å². The molecule has 0 saturated heterocycles. The van der Waals surface area contributed by atoms with E-state index in [0.29, 0.717) is 28.8 Å². The number of carbonyl (C=O) groups excluding carboxylic acids is 1. The van der Waals surface area contributed by atoms with Crippen molar-refractivity contribution in [2.24, 2.45) is 11.3 Å². The molecule has 0 bridgehead atoms. The van der Waals surface area contributed by atoms with Crippen molar-refractivity contribution in [1.82, 2.24) is 9.55 Å². The number of rotatable bonds is 9. The molecule has 1 aromatic heterocycles. The van der Waals surface area contributed by atoms with Crippen molar-refractivity contribution < 1.29 is 36.2 Å². The van der Waals surface area contributed by atoms with E-state index in [1.54, 1.807) is 12.1 Å². The Morgan fingerprint density at radius 1 is 1.07 bits per heavy atom. The minimum absolute atomic E-state index is 0.0515. The Balaban J connectivity index is 1.38. The lowest BCUT2D eigenvalue weighted by molar-refractivity contribution is -0.274. The molecule has 3 aromatic carbocycles. The summed E-state index contributed by atoms with van der Waals surface area (Å²) in [5.41, 5.74) is 1.78.